The van der Waals surface area contributed by atoms with Gasteiger partial charge >= 0.3 is 11.9 Å². The van der Waals surface area contributed by atoms with Crippen LogP contribution in [0.15, 0.2) is 88.9 Å². The first-order valence-corrected chi connectivity index (χ1v) is 12.8. The summed E-state index contributed by atoms with van der Waals surface area (Å²) in [7, 11) is 0. The van der Waals surface area contributed by atoms with Gasteiger partial charge in [0.05, 0.1) is 0 Å². The van der Waals surface area contributed by atoms with Gasteiger partial charge in [-0.15, -0.1) is 11.8 Å². The van der Waals surface area contributed by atoms with Crippen LogP contribution in [-0.2, 0) is 14.4 Å². The normalized spacial score (nSPS) is 11.4. The molecule has 0 unspecified atom stereocenters. The van der Waals surface area contributed by atoms with Gasteiger partial charge in [0, 0.05) is 34.7 Å². The summed E-state index contributed by atoms with van der Waals surface area (Å²) in [6, 6.07) is 23.3. The molecule has 190 valence electrons. The highest BCUT2D eigenvalue weighted by Crippen LogP contribution is 2.23. The van der Waals surface area contributed by atoms with E-state index in [2.05, 4.69) is 96.9 Å². The van der Waals surface area contributed by atoms with E-state index in [4.69, 9.17) is 15.1 Å². The van der Waals surface area contributed by atoms with Crippen molar-refractivity contribution in [1.82, 2.24) is 4.90 Å². The molecule has 7 nitrogen and oxygen atoms in total. The van der Waals surface area contributed by atoms with E-state index in [-0.39, 0.29) is 0 Å². The van der Waals surface area contributed by atoms with Gasteiger partial charge in [-0.25, -0.2) is 9.59 Å². The fourth-order valence-corrected chi connectivity index (χ4v) is 3.81. The summed E-state index contributed by atoms with van der Waals surface area (Å²) in [6.07, 6.45) is 3.20. The summed E-state index contributed by atoms with van der Waals surface area (Å²) in [6.45, 7) is 7.85. The zero-order chi connectivity index (χ0) is 26.3. The third-order valence-corrected chi connectivity index (χ3v) is 6.07. The summed E-state index contributed by atoms with van der Waals surface area (Å²) < 4.78 is 0. The maximum Gasteiger partial charge on any atom is 0.328 e. The van der Waals surface area contributed by atoms with Crippen molar-refractivity contribution in [2.45, 2.75) is 18.7 Å². The van der Waals surface area contributed by atoms with Crippen LogP contribution in [0.5, 0.6) is 0 Å². The number of fused-ring (bicyclic) bond motifs is 1. The van der Waals surface area contributed by atoms with Crippen molar-refractivity contribution in [2.75, 3.05) is 32.5 Å². The lowest BCUT2D eigenvalue weighted by atomic mass is 9.97. The minimum atomic E-state index is -1.26. The molecule has 3 aromatic rings. The molecule has 0 aliphatic heterocycles. The highest BCUT2D eigenvalue weighted by Gasteiger charge is 2.12. The first kappa shape index (κ1) is 28.6. The van der Waals surface area contributed by atoms with E-state index in [1.807, 2.05) is 0 Å². The van der Waals surface area contributed by atoms with Crippen LogP contribution in [-0.4, -0.2) is 65.3 Å². The Bertz CT molecular complexity index is 1170. The minimum absolute atomic E-state index is 0.558. The molecule has 0 aromatic heterocycles. The van der Waals surface area contributed by atoms with E-state index in [0.717, 1.165) is 36.5 Å². The van der Waals surface area contributed by atoms with Gasteiger partial charge in [-0.05, 0) is 42.3 Å². The second-order valence-corrected chi connectivity index (χ2v) is 8.44. The van der Waals surface area contributed by atoms with Gasteiger partial charge in [-0.3, -0.25) is 0 Å². The Morgan fingerprint density at radius 3 is 2.11 bits per heavy atom. The van der Waals surface area contributed by atoms with E-state index >= 15 is 0 Å². The fraction of sp³-hybridized carbons (Fsp3) is 0.250. The van der Waals surface area contributed by atoms with E-state index in [1.54, 1.807) is 11.8 Å². The monoisotopic (exact) mass is 508 g/mol. The second kappa shape index (κ2) is 15.4. The molecule has 36 heavy (non-hydrogen) atoms. The molecule has 0 amide bonds. The van der Waals surface area contributed by atoms with Gasteiger partial charge in [0.2, 0.25) is 0 Å². The Labute approximate surface area is 216 Å². The molecule has 0 fully saturated rings. The van der Waals surface area contributed by atoms with Crippen LogP contribution < -0.4 is 0 Å². The van der Waals surface area contributed by atoms with Crippen LogP contribution >= 0.6 is 11.8 Å². The highest BCUT2D eigenvalue weighted by atomic mass is 32.2. The van der Waals surface area contributed by atoms with Crippen molar-refractivity contribution in [3.05, 3.63) is 90.0 Å². The molecule has 0 heterocycles. The number of carboxylic acids is 2. The predicted octanol–water partition coefficient (Wildman–Crippen LogP) is 5.38. The summed E-state index contributed by atoms with van der Waals surface area (Å²) in [4.78, 5) is 28.5. The topological polar surface area (TPSA) is 99.4 Å². The van der Waals surface area contributed by atoms with Gasteiger partial charge in [-0.2, -0.15) is 0 Å². The van der Waals surface area contributed by atoms with Crippen LogP contribution in [0.25, 0.3) is 10.8 Å². The largest absolute Gasteiger partial charge is 0.478 e. The van der Waals surface area contributed by atoms with Crippen molar-refractivity contribution in [3.63, 3.8) is 0 Å². The summed E-state index contributed by atoms with van der Waals surface area (Å²) in [5.41, 5.74) is 3.04. The van der Waals surface area contributed by atoms with Gasteiger partial charge in [0.1, 0.15) is 12.3 Å². The summed E-state index contributed by atoms with van der Waals surface area (Å²) in [5.74, 6) is -2.51. The average molecular weight is 509 g/mol. The van der Waals surface area contributed by atoms with Crippen molar-refractivity contribution in [2.24, 2.45) is 5.16 Å². The van der Waals surface area contributed by atoms with Crippen molar-refractivity contribution in [1.29, 1.82) is 0 Å². The lowest BCUT2D eigenvalue weighted by Crippen LogP contribution is -2.26. The number of hydrogen-bond acceptors (Lipinski definition) is 6. The number of carbonyl (C=O) groups is 2. The molecule has 3 aromatic carbocycles. The number of rotatable bonds is 11. The lowest BCUT2D eigenvalue weighted by molar-refractivity contribution is -0.134. The Kier molecular flexibility index (Phi) is 12.2. The number of nitrogens with zero attached hydrogens (tertiary/aromatic N) is 2. The lowest BCUT2D eigenvalue weighted by Gasteiger charge is -2.17. The third kappa shape index (κ3) is 9.20. The van der Waals surface area contributed by atoms with Gasteiger partial charge in [-0.1, -0.05) is 73.6 Å². The Balaban J connectivity index is 0.000000493. The summed E-state index contributed by atoms with van der Waals surface area (Å²) >= 11 is 1.74. The Hall–Kier alpha value is -3.62. The molecule has 0 aliphatic rings. The number of thioether (sulfide) groups is 1. The average Bonchev–Trinajstić information content (AvgIpc) is 2.90. The number of hydrogen-bond donors (Lipinski definition) is 2. The molecular weight excluding hydrogens is 476 g/mol. The quantitative estimate of drug-likeness (QED) is 0.118. The van der Waals surface area contributed by atoms with Crippen LogP contribution in [0.2, 0.25) is 0 Å². The highest BCUT2D eigenvalue weighted by molar-refractivity contribution is 7.98. The molecule has 2 N–H and O–H groups in total. The SMILES string of the molecule is CCN(CC)CCON=C(c1ccc(SC)cc1)c1cccc2ccccc12.O=C(O)C=CC(=O)O. The number of carboxylic acid groups (broad SMARTS) is 2. The Morgan fingerprint density at radius 2 is 1.53 bits per heavy atom. The molecular formula is C28H32N2O5S. The third-order valence-electron chi connectivity index (χ3n) is 5.33. The van der Waals surface area contributed by atoms with Crippen LogP contribution in [0.1, 0.15) is 25.0 Å². The van der Waals surface area contributed by atoms with E-state index in [9.17, 15) is 9.59 Å². The summed E-state index contributed by atoms with van der Waals surface area (Å²) in [5, 5.41) is 22.6. The standard InChI is InChI=1S/C24H28N2OS.C4H4O4/c1-4-26(5-2)17-18-27-25-24(20-13-15-21(28-3)16-14-20)23-12-8-10-19-9-6-7-11-22(19)23;5-3(6)1-2-4(7)8/h6-16H,4-5,17-18H2,1-3H3;1-2H,(H,5,6)(H,7,8). The first-order valence-electron chi connectivity index (χ1n) is 11.6. The fourth-order valence-electron chi connectivity index (χ4n) is 3.40. The number of benzene rings is 3. The molecule has 0 atom stereocenters. The molecule has 0 radical (unpaired) electrons. The zero-order valence-electron chi connectivity index (χ0n) is 20.8. The number of oxime groups is 1. The molecule has 0 saturated heterocycles. The van der Waals surface area contributed by atoms with Crippen LogP contribution in [0, 0.1) is 0 Å². The minimum Gasteiger partial charge on any atom is -0.478 e. The van der Waals surface area contributed by atoms with Crippen molar-refractivity contribution >= 4 is 40.2 Å². The van der Waals surface area contributed by atoms with E-state index in [1.165, 1.54) is 15.7 Å². The van der Waals surface area contributed by atoms with Crippen molar-refractivity contribution < 1.29 is 24.6 Å². The smallest absolute Gasteiger partial charge is 0.328 e. The van der Waals surface area contributed by atoms with Crippen LogP contribution in [0.4, 0.5) is 0 Å². The van der Waals surface area contributed by atoms with Gasteiger partial charge in [0.15, 0.2) is 0 Å². The Morgan fingerprint density at radius 1 is 0.917 bits per heavy atom. The molecule has 0 bridgehead atoms. The molecule has 3 rings (SSSR count). The molecule has 8 heteroatoms. The molecule has 0 saturated carbocycles. The maximum absolute atomic E-state index is 9.55. The second-order valence-electron chi connectivity index (χ2n) is 7.57. The van der Waals surface area contributed by atoms with E-state index in [0.29, 0.717) is 18.8 Å². The van der Waals surface area contributed by atoms with Crippen molar-refractivity contribution in [3.8, 4) is 0 Å². The maximum atomic E-state index is 9.55. The van der Waals surface area contributed by atoms with E-state index < -0.39 is 11.9 Å². The zero-order valence-corrected chi connectivity index (χ0v) is 21.6. The number of likely N-dealkylation sites (N-methyl/N-ethyl adjacent to an activating group) is 1. The predicted molar refractivity (Wildman–Crippen MR) is 146 cm³/mol. The first-order chi connectivity index (χ1) is 17.4. The van der Waals surface area contributed by atoms with Crippen LogP contribution in [0.3, 0.4) is 0 Å². The molecule has 0 spiro atoms. The van der Waals surface area contributed by atoms with Gasteiger partial charge < -0.3 is 20.0 Å². The molecule has 0 aliphatic carbocycles. The number of aliphatic carboxylic acids is 2. The van der Waals surface area contributed by atoms with Gasteiger partial charge in [0.25, 0.3) is 0 Å².